The Kier molecular flexibility index (Phi) is 5.93. The van der Waals surface area contributed by atoms with Crippen LogP contribution in [0.4, 0.5) is 0 Å². The summed E-state index contributed by atoms with van der Waals surface area (Å²) < 4.78 is 16.7. The average molecular weight is 436 g/mol. The Bertz CT molecular complexity index is 1010. The first-order valence-corrected chi connectivity index (χ1v) is 10.1. The first-order valence-electron chi connectivity index (χ1n) is 8.86. The highest BCUT2D eigenvalue weighted by atomic mass is 35.5. The van der Waals surface area contributed by atoms with E-state index in [2.05, 4.69) is 21.7 Å². The van der Waals surface area contributed by atoms with Crippen molar-refractivity contribution in [1.82, 2.24) is 15.1 Å². The molecule has 1 aromatic carbocycles. The van der Waals surface area contributed by atoms with Crippen molar-refractivity contribution >= 4 is 22.9 Å². The molecule has 2 N–H and O–H groups in total. The number of aliphatic hydroxyl groups excluding tert-OH is 2. The van der Waals surface area contributed by atoms with Gasteiger partial charge in [-0.3, -0.25) is 0 Å². The topological polar surface area (TPSA) is 111 Å². The molecule has 0 radical (unpaired) electrons. The molecule has 152 valence electrons. The summed E-state index contributed by atoms with van der Waals surface area (Å²) in [5.41, 5.74) is 1.10. The summed E-state index contributed by atoms with van der Waals surface area (Å²) in [5.74, 6) is 1.13. The van der Waals surface area contributed by atoms with Crippen LogP contribution in [-0.4, -0.2) is 50.8 Å². The Labute approximate surface area is 175 Å². The van der Waals surface area contributed by atoms with Crippen LogP contribution in [0.5, 0.6) is 5.75 Å². The predicted octanol–water partition coefficient (Wildman–Crippen LogP) is 3.26. The highest BCUT2D eigenvalue weighted by Gasteiger charge is 2.36. The first kappa shape index (κ1) is 20.0. The Morgan fingerprint density at radius 3 is 3.00 bits per heavy atom. The second kappa shape index (κ2) is 8.60. The maximum atomic E-state index is 9.91. The molecular formula is C19H18ClN3O5S. The number of hydrogen-bond donors (Lipinski definition) is 2. The summed E-state index contributed by atoms with van der Waals surface area (Å²) >= 11 is 7.48. The summed E-state index contributed by atoms with van der Waals surface area (Å²) in [6.45, 7) is 3.73. The molecule has 1 aliphatic heterocycles. The van der Waals surface area contributed by atoms with Gasteiger partial charge in [-0.1, -0.05) is 29.4 Å². The molecule has 3 aromatic rings. The van der Waals surface area contributed by atoms with Crippen molar-refractivity contribution in [2.24, 2.45) is 0 Å². The molecule has 0 amide bonds. The predicted molar refractivity (Wildman–Crippen MR) is 107 cm³/mol. The van der Waals surface area contributed by atoms with Crippen LogP contribution < -0.4 is 4.74 Å². The number of rotatable bonds is 7. The lowest BCUT2D eigenvalue weighted by atomic mass is 10.1. The second-order valence-corrected chi connectivity index (χ2v) is 7.71. The molecule has 3 heterocycles. The van der Waals surface area contributed by atoms with Crippen LogP contribution in [0.15, 0.2) is 40.8 Å². The minimum absolute atomic E-state index is 0.237. The summed E-state index contributed by atoms with van der Waals surface area (Å²) in [6, 6.07) is 5.15. The van der Waals surface area contributed by atoms with Crippen LogP contribution in [0.1, 0.15) is 17.5 Å². The van der Waals surface area contributed by atoms with Gasteiger partial charge in [-0.25, -0.2) is 4.98 Å². The van der Waals surface area contributed by atoms with Crippen molar-refractivity contribution in [3.05, 3.63) is 46.3 Å². The van der Waals surface area contributed by atoms with Gasteiger partial charge in [0.1, 0.15) is 35.3 Å². The Hall–Kier alpha value is -2.30. The fourth-order valence-electron chi connectivity index (χ4n) is 2.97. The molecule has 8 nitrogen and oxygen atoms in total. The fraction of sp³-hybridized carbons (Fsp3) is 0.316. The number of benzene rings is 1. The molecule has 4 rings (SSSR count). The third-order valence-corrected chi connectivity index (χ3v) is 5.56. The lowest BCUT2D eigenvalue weighted by Gasteiger charge is -2.09. The number of thiazole rings is 1. The number of ether oxygens (including phenoxy) is 2. The third kappa shape index (κ3) is 4.19. The number of halogens is 1. The van der Waals surface area contributed by atoms with Gasteiger partial charge < -0.3 is 24.2 Å². The molecule has 3 atom stereocenters. The second-order valence-electron chi connectivity index (χ2n) is 6.38. The molecule has 0 spiro atoms. The van der Waals surface area contributed by atoms with Crippen molar-refractivity contribution in [3.63, 3.8) is 0 Å². The fourth-order valence-corrected chi connectivity index (χ4v) is 3.99. The van der Waals surface area contributed by atoms with E-state index in [4.69, 9.17) is 25.6 Å². The van der Waals surface area contributed by atoms with Gasteiger partial charge in [-0.05, 0) is 18.2 Å². The van der Waals surface area contributed by atoms with Crippen molar-refractivity contribution in [1.29, 1.82) is 0 Å². The largest absolute Gasteiger partial charge is 0.489 e. The zero-order valence-corrected chi connectivity index (χ0v) is 16.8. The molecule has 1 saturated heterocycles. The van der Waals surface area contributed by atoms with Crippen molar-refractivity contribution in [2.75, 3.05) is 13.2 Å². The summed E-state index contributed by atoms with van der Waals surface area (Å²) in [7, 11) is 0. The van der Waals surface area contributed by atoms with Gasteiger partial charge in [0.2, 0.25) is 5.82 Å². The summed E-state index contributed by atoms with van der Waals surface area (Å²) in [5, 5.41) is 26.1. The number of hydrogen-bond acceptors (Lipinski definition) is 9. The van der Waals surface area contributed by atoms with E-state index in [1.54, 1.807) is 29.7 Å². The van der Waals surface area contributed by atoms with Gasteiger partial charge in [0, 0.05) is 16.8 Å². The van der Waals surface area contributed by atoms with Crippen LogP contribution in [0.3, 0.4) is 0 Å². The van der Waals surface area contributed by atoms with Gasteiger partial charge in [-0.2, -0.15) is 4.98 Å². The Morgan fingerprint density at radius 1 is 1.38 bits per heavy atom. The SMILES string of the molecule is C=CCOc1ccc(Cl)cc1-c1noc(-c2csc([C@H]3C[C@H](O)[C@@H](CO)O3)n2)n1. The van der Waals surface area contributed by atoms with Crippen molar-refractivity contribution in [2.45, 2.75) is 24.7 Å². The van der Waals surface area contributed by atoms with Crippen LogP contribution in [0.2, 0.25) is 5.02 Å². The molecule has 10 heteroatoms. The molecular weight excluding hydrogens is 418 g/mol. The van der Waals surface area contributed by atoms with Crippen molar-refractivity contribution in [3.8, 4) is 28.7 Å². The van der Waals surface area contributed by atoms with Gasteiger partial charge >= 0.3 is 0 Å². The Balaban J connectivity index is 1.57. The number of aromatic nitrogens is 3. The van der Waals surface area contributed by atoms with Gasteiger partial charge in [-0.15, -0.1) is 11.3 Å². The summed E-state index contributed by atoms with van der Waals surface area (Å²) in [4.78, 5) is 8.91. The van der Waals surface area contributed by atoms with Crippen LogP contribution in [-0.2, 0) is 4.74 Å². The van der Waals surface area contributed by atoms with E-state index in [-0.39, 0.29) is 18.6 Å². The van der Waals surface area contributed by atoms with E-state index in [1.807, 2.05) is 0 Å². The highest BCUT2D eigenvalue weighted by molar-refractivity contribution is 7.10. The van der Waals surface area contributed by atoms with Gasteiger partial charge in [0.05, 0.1) is 18.3 Å². The maximum absolute atomic E-state index is 9.91. The number of nitrogens with zero attached hydrogens (tertiary/aromatic N) is 3. The molecule has 0 saturated carbocycles. The zero-order valence-electron chi connectivity index (χ0n) is 15.2. The monoisotopic (exact) mass is 435 g/mol. The van der Waals surface area contributed by atoms with Crippen LogP contribution in [0, 0.1) is 0 Å². The first-order chi connectivity index (χ1) is 14.1. The molecule has 0 bridgehead atoms. The minimum atomic E-state index is -0.718. The number of aliphatic hydroxyl groups is 2. The zero-order chi connectivity index (χ0) is 20.4. The van der Waals surface area contributed by atoms with E-state index in [0.29, 0.717) is 45.9 Å². The smallest absolute Gasteiger partial charge is 0.277 e. The maximum Gasteiger partial charge on any atom is 0.277 e. The normalized spacial score (nSPS) is 21.4. The standard InChI is InChI=1S/C19H18ClN3O5S/c1-2-5-26-14-4-3-10(20)6-11(14)17-22-18(28-23-17)12-9-29-19(21-12)15-7-13(25)16(8-24)27-15/h2-4,6,9,13,15-16,24-25H,1,5,7-8H2/t13-,15+,16+/m0/s1. The van der Waals surface area contributed by atoms with Gasteiger partial charge in [0.15, 0.2) is 0 Å². The Morgan fingerprint density at radius 2 is 2.24 bits per heavy atom. The van der Waals surface area contributed by atoms with E-state index in [9.17, 15) is 10.2 Å². The molecule has 0 aliphatic carbocycles. The van der Waals surface area contributed by atoms with Crippen LogP contribution in [0.25, 0.3) is 23.0 Å². The van der Waals surface area contributed by atoms with Crippen LogP contribution >= 0.6 is 22.9 Å². The summed E-state index contributed by atoms with van der Waals surface area (Å²) in [6.07, 6.45) is 0.318. The molecule has 29 heavy (non-hydrogen) atoms. The molecule has 1 fully saturated rings. The lowest BCUT2D eigenvalue weighted by Crippen LogP contribution is -2.24. The minimum Gasteiger partial charge on any atom is -0.489 e. The third-order valence-electron chi connectivity index (χ3n) is 4.39. The lowest BCUT2D eigenvalue weighted by molar-refractivity contribution is -0.0225. The van der Waals surface area contributed by atoms with E-state index in [0.717, 1.165) is 0 Å². The van der Waals surface area contributed by atoms with E-state index < -0.39 is 12.2 Å². The van der Waals surface area contributed by atoms with Gasteiger partial charge in [0.25, 0.3) is 5.89 Å². The highest BCUT2D eigenvalue weighted by Crippen LogP contribution is 2.37. The molecule has 0 unspecified atom stereocenters. The molecule has 2 aromatic heterocycles. The van der Waals surface area contributed by atoms with E-state index >= 15 is 0 Å². The quantitative estimate of drug-likeness (QED) is 0.544. The van der Waals surface area contributed by atoms with E-state index in [1.165, 1.54) is 11.3 Å². The van der Waals surface area contributed by atoms with Crippen molar-refractivity contribution < 1.29 is 24.2 Å². The molecule has 1 aliphatic rings. The average Bonchev–Trinajstić information content (AvgIpc) is 3.45.